The standard InChI is InChI=1S/C20H22ClN3O4S2/c21-19-9-8-18(29-19)16-12-17(28-23-16)20(25)22-13-14-4-6-15(7-5-14)30(26,27)24-10-2-1-3-11-24/h4-9,17H,1-3,10-13H2,(H,22,25). The van der Waals surface area contributed by atoms with E-state index in [1.165, 1.54) is 11.3 Å². The van der Waals surface area contributed by atoms with E-state index in [-0.39, 0.29) is 17.3 Å². The Labute approximate surface area is 184 Å². The third kappa shape index (κ3) is 4.69. The van der Waals surface area contributed by atoms with Gasteiger partial charge in [0.05, 0.1) is 14.1 Å². The number of carbonyl (C=O) groups is 1. The minimum atomic E-state index is -3.45. The largest absolute Gasteiger partial charge is 0.382 e. The minimum absolute atomic E-state index is 0.263. The molecule has 1 aromatic heterocycles. The summed E-state index contributed by atoms with van der Waals surface area (Å²) >= 11 is 7.33. The van der Waals surface area contributed by atoms with Crippen molar-refractivity contribution in [3.8, 4) is 0 Å². The van der Waals surface area contributed by atoms with Gasteiger partial charge < -0.3 is 10.2 Å². The Kier molecular flexibility index (Phi) is 6.43. The number of halogens is 1. The summed E-state index contributed by atoms with van der Waals surface area (Å²) in [6.45, 7) is 1.43. The SMILES string of the molecule is O=C(NCc1ccc(S(=O)(=O)N2CCCCC2)cc1)C1CC(c2ccc(Cl)s2)=NO1. The molecule has 7 nitrogen and oxygen atoms in total. The maximum atomic E-state index is 12.7. The molecule has 0 spiro atoms. The average molecular weight is 468 g/mol. The number of sulfonamides is 1. The Morgan fingerprint density at radius 3 is 2.57 bits per heavy atom. The number of thiophene rings is 1. The van der Waals surface area contributed by atoms with Crippen LogP contribution in [0.3, 0.4) is 0 Å². The van der Waals surface area contributed by atoms with Crippen molar-refractivity contribution < 1.29 is 18.0 Å². The molecule has 160 valence electrons. The molecule has 4 rings (SSSR count). The van der Waals surface area contributed by atoms with Gasteiger partial charge >= 0.3 is 0 Å². The third-order valence-electron chi connectivity index (χ3n) is 5.16. The van der Waals surface area contributed by atoms with Crippen molar-refractivity contribution in [1.29, 1.82) is 0 Å². The fraction of sp³-hybridized carbons (Fsp3) is 0.400. The summed E-state index contributed by atoms with van der Waals surface area (Å²) in [6.07, 6.45) is 2.58. The van der Waals surface area contributed by atoms with Crippen LogP contribution in [0.15, 0.2) is 46.4 Å². The molecule has 1 unspecified atom stereocenters. The minimum Gasteiger partial charge on any atom is -0.382 e. The lowest BCUT2D eigenvalue weighted by Gasteiger charge is -2.25. The molecule has 0 radical (unpaired) electrons. The molecule has 3 heterocycles. The molecule has 1 N–H and O–H groups in total. The first-order chi connectivity index (χ1) is 14.4. The van der Waals surface area contributed by atoms with Crippen LogP contribution in [0.5, 0.6) is 0 Å². The van der Waals surface area contributed by atoms with E-state index in [0.717, 1.165) is 29.7 Å². The normalized spacial score (nSPS) is 19.9. The predicted octanol–water partition coefficient (Wildman–Crippen LogP) is 3.39. The van der Waals surface area contributed by atoms with E-state index in [0.29, 0.717) is 29.6 Å². The number of oxime groups is 1. The number of benzene rings is 1. The van der Waals surface area contributed by atoms with Gasteiger partial charge in [-0.25, -0.2) is 8.42 Å². The Balaban J connectivity index is 1.30. The number of nitrogens with zero attached hydrogens (tertiary/aromatic N) is 2. The first kappa shape index (κ1) is 21.3. The van der Waals surface area contributed by atoms with Gasteiger partial charge in [0.25, 0.3) is 5.91 Å². The number of carbonyl (C=O) groups excluding carboxylic acids is 1. The first-order valence-electron chi connectivity index (χ1n) is 9.79. The summed E-state index contributed by atoms with van der Waals surface area (Å²) in [4.78, 5) is 18.8. The highest BCUT2D eigenvalue weighted by molar-refractivity contribution is 7.89. The van der Waals surface area contributed by atoms with Gasteiger partial charge in [-0.1, -0.05) is 35.3 Å². The van der Waals surface area contributed by atoms with Gasteiger partial charge in [0.1, 0.15) is 5.71 Å². The van der Waals surface area contributed by atoms with E-state index in [1.807, 2.05) is 6.07 Å². The number of amides is 1. The second kappa shape index (κ2) is 9.05. The summed E-state index contributed by atoms with van der Waals surface area (Å²) in [7, 11) is -3.45. The van der Waals surface area contributed by atoms with Gasteiger partial charge in [0.15, 0.2) is 0 Å². The van der Waals surface area contributed by atoms with Crippen LogP contribution >= 0.6 is 22.9 Å². The summed E-state index contributed by atoms with van der Waals surface area (Å²) in [5.41, 5.74) is 1.52. The quantitative estimate of drug-likeness (QED) is 0.705. The monoisotopic (exact) mass is 467 g/mol. The van der Waals surface area contributed by atoms with Crippen molar-refractivity contribution >= 4 is 44.6 Å². The van der Waals surface area contributed by atoms with Gasteiger partial charge in [-0.05, 0) is 42.7 Å². The number of hydrogen-bond acceptors (Lipinski definition) is 6. The summed E-state index contributed by atoms with van der Waals surface area (Å²) < 4.78 is 27.6. The molecule has 1 atom stereocenters. The molecular formula is C20H22ClN3O4S2. The second-order valence-corrected chi connectivity index (χ2v) is 10.9. The molecule has 1 saturated heterocycles. The molecule has 10 heteroatoms. The second-order valence-electron chi connectivity index (χ2n) is 7.27. The Bertz CT molecular complexity index is 1040. The van der Waals surface area contributed by atoms with E-state index in [4.69, 9.17) is 16.4 Å². The van der Waals surface area contributed by atoms with Crippen LogP contribution in [0.4, 0.5) is 0 Å². The molecule has 0 bridgehead atoms. The van der Waals surface area contributed by atoms with Crippen molar-refractivity contribution in [3.63, 3.8) is 0 Å². The average Bonchev–Trinajstić information content (AvgIpc) is 3.42. The molecule has 1 amide bonds. The molecule has 0 aliphatic carbocycles. The Morgan fingerprint density at radius 2 is 1.90 bits per heavy atom. The molecule has 1 aromatic carbocycles. The Hall–Kier alpha value is -1.94. The van der Waals surface area contributed by atoms with Crippen LogP contribution in [0.1, 0.15) is 36.1 Å². The van der Waals surface area contributed by atoms with Crippen LogP contribution in [0.25, 0.3) is 0 Å². The zero-order valence-electron chi connectivity index (χ0n) is 16.2. The van der Waals surface area contributed by atoms with Crippen molar-refractivity contribution in [2.24, 2.45) is 5.16 Å². The van der Waals surface area contributed by atoms with Gasteiger partial charge in [-0.3, -0.25) is 4.79 Å². The first-order valence-corrected chi connectivity index (χ1v) is 12.4. The predicted molar refractivity (Wildman–Crippen MR) is 116 cm³/mol. The van der Waals surface area contributed by atoms with Crippen LogP contribution in [0.2, 0.25) is 4.34 Å². The molecule has 2 aromatic rings. The van der Waals surface area contributed by atoms with Crippen molar-refractivity contribution in [3.05, 3.63) is 51.2 Å². The lowest BCUT2D eigenvalue weighted by Crippen LogP contribution is -2.35. The lowest BCUT2D eigenvalue weighted by atomic mass is 10.1. The zero-order chi connectivity index (χ0) is 21.1. The molecule has 2 aliphatic heterocycles. The van der Waals surface area contributed by atoms with Crippen LogP contribution in [0, 0.1) is 0 Å². The van der Waals surface area contributed by atoms with Gasteiger partial charge in [0, 0.05) is 26.1 Å². The molecule has 0 saturated carbocycles. The smallest absolute Gasteiger partial charge is 0.264 e. The summed E-state index contributed by atoms with van der Waals surface area (Å²) in [5, 5.41) is 6.82. The molecule has 2 aliphatic rings. The van der Waals surface area contributed by atoms with Crippen LogP contribution in [-0.2, 0) is 26.2 Å². The zero-order valence-corrected chi connectivity index (χ0v) is 18.6. The number of nitrogens with one attached hydrogen (secondary N) is 1. The topological polar surface area (TPSA) is 88.1 Å². The molecule has 30 heavy (non-hydrogen) atoms. The van der Waals surface area contributed by atoms with Gasteiger partial charge in [0.2, 0.25) is 16.1 Å². The molecular weight excluding hydrogens is 446 g/mol. The number of rotatable bonds is 6. The van der Waals surface area contributed by atoms with E-state index in [1.54, 1.807) is 34.6 Å². The highest BCUT2D eigenvalue weighted by Crippen LogP contribution is 2.26. The Morgan fingerprint density at radius 1 is 1.17 bits per heavy atom. The maximum Gasteiger partial charge on any atom is 0.264 e. The third-order valence-corrected chi connectivity index (χ3v) is 8.35. The van der Waals surface area contributed by atoms with E-state index in [2.05, 4.69) is 10.5 Å². The van der Waals surface area contributed by atoms with Gasteiger partial charge in [-0.2, -0.15) is 4.31 Å². The summed E-state index contributed by atoms with van der Waals surface area (Å²) in [5.74, 6) is -0.263. The fourth-order valence-corrected chi connectivity index (χ4v) is 6.02. The van der Waals surface area contributed by atoms with Crippen LogP contribution in [-0.4, -0.2) is 43.5 Å². The van der Waals surface area contributed by atoms with Crippen molar-refractivity contribution in [1.82, 2.24) is 9.62 Å². The summed E-state index contributed by atoms with van der Waals surface area (Å²) in [6, 6.07) is 10.3. The fourth-order valence-electron chi connectivity index (χ4n) is 3.47. The highest BCUT2D eigenvalue weighted by atomic mass is 35.5. The van der Waals surface area contributed by atoms with Gasteiger partial charge in [-0.15, -0.1) is 11.3 Å². The van der Waals surface area contributed by atoms with Crippen LogP contribution < -0.4 is 5.32 Å². The number of hydrogen-bond donors (Lipinski definition) is 1. The lowest BCUT2D eigenvalue weighted by molar-refractivity contribution is -0.131. The molecule has 1 fully saturated rings. The van der Waals surface area contributed by atoms with Crippen molar-refractivity contribution in [2.45, 2.75) is 43.2 Å². The number of piperidine rings is 1. The van der Waals surface area contributed by atoms with E-state index in [9.17, 15) is 13.2 Å². The van der Waals surface area contributed by atoms with Crippen molar-refractivity contribution in [2.75, 3.05) is 13.1 Å². The van der Waals surface area contributed by atoms with E-state index >= 15 is 0 Å². The maximum absolute atomic E-state index is 12.7. The van der Waals surface area contributed by atoms with E-state index < -0.39 is 16.1 Å². The highest BCUT2D eigenvalue weighted by Gasteiger charge is 2.29.